The minimum atomic E-state index is -0.618. The largest absolute Gasteiger partial charge is 0.342 e. The Morgan fingerprint density at radius 3 is 2.40 bits per heavy atom. The summed E-state index contributed by atoms with van der Waals surface area (Å²) in [5.74, 6) is -0.618. The predicted molar refractivity (Wildman–Crippen MR) is 119 cm³/mol. The summed E-state index contributed by atoms with van der Waals surface area (Å²) < 4.78 is 25.3. The van der Waals surface area contributed by atoms with Crippen molar-refractivity contribution in [2.75, 3.05) is 6.54 Å². The zero-order valence-corrected chi connectivity index (χ0v) is 19.4. The first-order valence-electron chi connectivity index (χ1n) is 11.9. The molecule has 6 atom stereocenters. The smallest absolute Gasteiger partial charge is 0.187 e. The molecule has 0 aromatic heterocycles. The lowest BCUT2D eigenvalue weighted by Crippen LogP contribution is -2.45. The molecule has 2 heterocycles. The summed E-state index contributed by atoms with van der Waals surface area (Å²) >= 11 is 0. The molecule has 170 valence electrons. The average molecular weight is 420 g/mol. The van der Waals surface area contributed by atoms with Gasteiger partial charge in [-0.05, 0) is 45.7 Å². The molecule has 1 unspecified atom stereocenters. The molecule has 0 bridgehead atoms. The van der Waals surface area contributed by atoms with E-state index in [-0.39, 0.29) is 30.5 Å². The lowest BCUT2D eigenvalue weighted by molar-refractivity contribution is -0.248. The van der Waals surface area contributed by atoms with Crippen LogP contribution in [-0.2, 0) is 18.9 Å². The quantitative estimate of drug-likeness (QED) is 0.463. The molecule has 0 amide bonds. The fourth-order valence-electron chi connectivity index (χ4n) is 4.52. The van der Waals surface area contributed by atoms with E-state index in [0.29, 0.717) is 0 Å². The Kier molecular flexibility index (Phi) is 8.72. The molecule has 2 saturated heterocycles. The first-order valence-corrected chi connectivity index (χ1v) is 11.9. The third-order valence-electron chi connectivity index (χ3n) is 6.13. The summed E-state index contributed by atoms with van der Waals surface area (Å²) in [5, 5.41) is 3.64. The Morgan fingerprint density at radius 1 is 1.00 bits per heavy atom. The van der Waals surface area contributed by atoms with Crippen LogP contribution in [0.5, 0.6) is 0 Å². The van der Waals surface area contributed by atoms with Gasteiger partial charge in [-0.3, -0.25) is 0 Å². The Hall–Kier alpha value is -0.980. The molecule has 3 rings (SSSR count). The van der Waals surface area contributed by atoms with Gasteiger partial charge in [0.05, 0.1) is 6.10 Å². The van der Waals surface area contributed by atoms with Crippen LogP contribution in [0.1, 0.15) is 84.8 Å². The number of rotatable bonds is 12. The molecule has 5 heteroatoms. The van der Waals surface area contributed by atoms with E-state index >= 15 is 0 Å². The van der Waals surface area contributed by atoms with E-state index in [2.05, 4.69) is 38.2 Å². The van der Waals surface area contributed by atoms with E-state index in [0.717, 1.165) is 13.0 Å². The molecular weight excluding hydrogens is 378 g/mol. The van der Waals surface area contributed by atoms with Crippen LogP contribution < -0.4 is 5.32 Å². The molecule has 0 radical (unpaired) electrons. The van der Waals surface area contributed by atoms with Crippen LogP contribution in [0.3, 0.4) is 0 Å². The van der Waals surface area contributed by atoms with Crippen molar-refractivity contribution in [3.63, 3.8) is 0 Å². The van der Waals surface area contributed by atoms with Gasteiger partial charge in [-0.15, -0.1) is 0 Å². The number of benzene rings is 1. The fraction of sp³-hybridized carbons (Fsp3) is 0.760. The van der Waals surface area contributed by atoms with Crippen LogP contribution in [0.2, 0.25) is 0 Å². The summed E-state index contributed by atoms with van der Waals surface area (Å²) in [7, 11) is 0. The minimum Gasteiger partial charge on any atom is -0.342 e. The maximum absolute atomic E-state index is 6.45. The summed E-state index contributed by atoms with van der Waals surface area (Å²) in [5.41, 5.74) is 1.17. The minimum absolute atomic E-state index is 0.0234. The van der Waals surface area contributed by atoms with E-state index < -0.39 is 12.1 Å². The van der Waals surface area contributed by atoms with E-state index in [4.69, 9.17) is 18.9 Å². The van der Waals surface area contributed by atoms with Crippen molar-refractivity contribution in [2.45, 2.75) is 116 Å². The van der Waals surface area contributed by atoms with Crippen molar-refractivity contribution in [3.05, 3.63) is 35.9 Å². The monoisotopic (exact) mass is 419 g/mol. The molecule has 1 aromatic rings. The van der Waals surface area contributed by atoms with Crippen LogP contribution in [0, 0.1) is 0 Å². The molecule has 2 aliphatic rings. The van der Waals surface area contributed by atoms with Gasteiger partial charge in [0.25, 0.3) is 0 Å². The van der Waals surface area contributed by atoms with Crippen molar-refractivity contribution in [3.8, 4) is 0 Å². The van der Waals surface area contributed by atoms with Gasteiger partial charge in [-0.25, -0.2) is 0 Å². The highest BCUT2D eigenvalue weighted by atomic mass is 16.8. The average Bonchev–Trinajstić information content (AvgIpc) is 3.22. The third kappa shape index (κ3) is 6.04. The van der Waals surface area contributed by atoms with Crippen LogP contribution in [0.25, 0.3) is 0 Å². The molecule has 1 aromatic carbocycles. The number of hydrogen-bond donors (Lipinski definition) is 1. The third-order valence-corrected chi connectivity index (χ3v) is 6.13. The lowest BCUT2D eigenvalue weighted by Gasteiger charge is -2.29. The molecule has 1 N–H and O–H groups in total. The Morgan fingerprint density at radius 2 is 1.70 bits per heavy atom. The van der Waals surface area contributed by atoms with Crippen molar-refractivity contribution < 1.29 is 18.9 Å². The van der Waals surface area contributed by atoms with E-state index in [1.807, 2.05) is 32.0 Å². The summed E-state index contributed by atoms with van der Waals surface area (Å²) in [6, 6.07) is 10.5. The van der Waals surface area contributed by atoms with Gasteiger partial charge >= 0.3 is 0 Å². The molecular formula is C25H41NO4. The first-order chi connectivity index (χ1) is 14.4. The van der Waals surface area contributed by atoms with Crippen LogP contribution in [0.15, 0.2) is 30.3 Å². The molecule has 0 spiro atoms. The van der Waals surface area contributed by atoms with Gasteiger partial charge in [0.2, 0.25) is 0 Å². The Bertz CT molecular complexity index is 623. The van der Waals surface area contributed by atoms with Gasteiger partial charge in [0, 0.05) is 6.04 Å². The second-order valence-electron chi connectivity index (χ2n) is 9.13. The number of hydrogen-bond acceptors (Lipinski definition) is 5. The van der Waals surface area contributed by atoms with Crippen molar-refractivity contribution >= 4 is 0 Å². The zero-order chi connectivity index (χ0) is 21.6. The van der Waals surface area contributed by atoms with Gasteiger partial charge in [0.15, 0.2) is 12.1 Å². The van der Waals surface area contributed by atoms with Gasteiger partial charge < -0.3 is 24.3 Å². The Labute approximate surface area is 182 Å². The standard InChI is InChI=1S/C25H41NO4/c1-6-8-9-10-14-17-26-18(3)21-22-23(30-25(4,5)29-22)24(28-21)27-20(7-2)19-15-12-11-13-16-19/h11-13,15-16,18,20-24,26H,6-10,14,17H2,1-5H3/t18-,20?,21+,22-,23-,24-/m0/s1. The molecule has 2 aliphatic heterocycles. The van der Waals surface area contributed by atoms with Crippen molar-refractivity contribution in [1.82, 2.24) is 5.32 Å². The van der Waals surface area contributed by atoms with Crippen LogP contribution in [0.4, 0.5) is 0 Å². The summed E-state index contributed by atoms with van der Waals surface area (Å²) in [4.78, 5) is 0. The van der Waals surface area contributed by atoms with Crippen LogP contribution >= 0.6 is 0 Å². The molecule has 5 nitrogen and oxygen atoms in total. The van der Waals surface area contributed by atoms with E-state index in [9.17, 15) is 0 Å². The molecule has 0 saturated carbocycles. The van der Waals surface area contributed by atoms with Crippen molar-refractivity contribution in [1.29, 1.82) is 0 Å². The number of unbranched alkanes of at least 4 members (excludes halogenated alkanes) is 4. The van der Waals surface area contributed by atoms with Gasteiger partial charge in [-0.1, -0.05) is 69.9 Å². The highest BCUT2D eigenvalue weighted by molar-refractivity contribution is 5.17. The summed E-state index contributed by atoms with van der Waals surface area (Å²) in [6.07, 6.45) is 6.38. The highest BCUT2D eigenvalue weighted by Crippen LogP contribution is 2.41. The predicted octanol–water partition coefficient (Wildman–Crippen LogP) is 5.35. The second kappa shape index (κ2) is 11.1. The summed E-state index contributed by atoms with van der Waals surface area (Å²) in [6.45, 7) is 11.5. The highest BCUT2D eigenvalue weighted by Gasteiger charge is 2.57. The van der Waals surface area contributed by atoms with E-state index in [1.165, 1.54) is 37.7 Å². The maximum Gasteiger partial charge on any atom is 0.187 e. The van der Waals surface area contributed by atoms with Crippen molar-refractivity contribution in [2.24, 2.45) is 0 Å². The Balaban J connectivity index is 1.60. The molecule has 30 heavy (non-hydrogen) atoms. The number of fused-ring (bicyclic) bond motifs is 1. The van der Waals surface area contributed by atoms with E-state index in [1.54, 1.807) is 0 Å². The fourth-order valence-corrected chi connectivity index (χ4v) is 4.52. The SMILES string of the molecule is CCCCCCCN[C@@H](C)[C@H]1O[C@H](OC(CC)c2ccccc2)[C@H]2OC(C)(C)O[C@H]21. The first kappa shape index (κ1) is 23.7. The maximum atomic E-state index is 6.45. The second-order valence-corrected chi connectivity index (χ2v) is 9.13. The molecule has 2 fully saturated rings. The number of ether oxygens (including phenoxy) is 4. The van der Waals surface area contributed by atoms with Gasteiger partial charge in [0.1, 0.15) is 18.3 Å². The normalized spacial score (nSPS) is 29.6. The zero-order valence-electron chi connectivity index (χ0n) is 19.4. The van der Waals surface area contributed by atoms with Gasteiger partial charge in [-0.2, -0.15) is 0 Å². The lowest BCUT2D eigenvalue weighted by atomic mass is 10.0. The topological polar surface area (TPSA) is 49.0 Å². The number of nitrogens with one attached hydrogen (secondary N) is 1. The van der Waals surface area contributed by atoms with Crippen LogP contribution in [-0.4, -0.2) is 43.0 Å². The molecule has 0 aliphatic carbocycles.